The Kier molecular flexibility index (Phi) is 6.67. The van der Waals surface area contributed by atoms with Crippen molar-refractivity contribution in [2.45, 2.75) is 61.1 Å². The second kappa shape index (κ2) is 9.38. The molecular weight excluding hydrogens is 569 g/mol. The van der Waals surface area contributed by atoms with Gasteiger partial charge >= 0.3 is 0 Å². The van der Waals surface area contributed by atoms with E-state index in [1.54, 1.807) is 20.8 Å². The van der Waals surface area contributed by atoms with Crippen LogP contribution in [0, 0.1) is 17.2 Å². The summed E-state index contributed by atoms with van der Waals surface area (Å²) in [5.41, 5.74) is -0.386. The van der Waals surface area contributed by atoms with Crippen molar-refractivity contribution in [3.05, 3.63) is 53.8 Å². The Morgan fingerprint density at radius 3 is 2.33 bits per heavy atom. The molecule has 1 aliphatic carbocycles. The number of hydrogen-bond donors (Lipinski definition) is 1. The molecule has 1 N–H and O–H groups in total. The van der Waals surface area contributed by atoms with Crippen molar-refractivity contribution in [1.82, 2.24) is 4.90 Å². The Labute approximate surface area is 231 Å². The van der Waals surface area contributed by atoms with Crippen molar-refractivity contribution >= 4 is 60.2 Å². The number of ketones is 1. The Hall–Kier alpha value is -2.83. The first kappa shape index (κ1) is 27.7. The minimum Gasteiger partial charge on any atom is -0.327 e. The molecule has 2 aromatic rings. The molecule has 5 rings (SSSR count). The van der Waals surface area contributed by atoms with Gasteiger partial charge in [0.1, 0.15) is 11.7 Å². The molecule has 3 atom stereocenters. The lowest BCUT2D eigenvalue weighted by Crippen LogP contribution is -2.44. The van der Waals surface area contributed by atoms with Gasteiger partial charge in [-0.05, 0) is 54.2 Å². The van der Waals surface area contributed by atoms with Crippen LogP contribution in [-0.4, -0.2) is 55.1 Å². The number of alkyl halides is 1. The molecule has 2 aromatic carbocycles. The number of halogens is 2. The molecule has 2 aliphatic heterocycles. The molecular formula is C26H27ClFN3O6S2. The zero-order valence-corrected chi connectivity index (χ0v) is 23.8. The zero-order valence-electron chi connectivity index (χ0n) is 21.4. The van der Waals surface area contributed by atoms with Gasteiger partial charge in [-0.15, -0.1) is 0 Å². The van der Waals surface area contributed by atoms with Crippen molar-refractivity contribution in [3.63, 3.8) is 0 Å². The summed E-state index contributed by atoms with van der Waals surface area (Å²) in [5, 5.41) is -0.511. The lowest BCUT2D eigenvalue weighted by Gasteiger charge is -2.33. The number of Topliss-reactive ketones (excluding diaryl/α,β-unsaturated/α-hetero) is 1. The van der Waals surface area contributed by atoms with E-state index in [-0.39, 0.29) is 28.5 Å². The van der Waals surface area contributed by atoms with E-state index in [0.717, 1.165) is 6.07 Å². The number of likely N-dealkylation sites (tertiary alicyclic amines) is 1. The second-order valence-corrected chi connectivity index (χ2v) is 15.8. The topological polar surface area (TPSA) is 130 Å². The Bertz CT molecular complexity index is 1610. The SMILES string of the molecule is CC(C)(C)[C@H]1C(=O)C(C2=Nc3ccc(NS(=O)(=O)C4CC4)cc3S(=O)(=O)C2Cl)C(=O)N1Cc1ccc(F)cc1. The van der Waals surface area contributed by atoms with Crippen molar-refractivity contribution in [1.29, 1.82) is 0 Å². The third-order valence-corrected chi connectivity index (χ3v) is 11.5. The molecule has 2 heterocycles. The number of amides is 1. The lowest BCUT2D eigenvalue weighted by atomic mass is 9.82. The smallest absolute Gasteiger partial charge is 0.240 e. The van der Waals surface area contributed by atoms with Crippen LogP contribution >= 0.6 is 11.6 Å². The molecule has 2 fully saturated rings. The number of benzene rings is 2. The van der Waals surface area contributed by atoms with Gasteiger partial charge in [0.05, 0.1) is 27.6 Å². The summed E-state index contributed by atoms with van der Waals surface area (Å²) in [6.45, 7) is 5.39. The molecule has 9 nitrogen and oxygen atoms in total. The standard InChI is InChI=1S/C26H27ClFN3O6S2/c1-26(2,3)23-22(32)20(25(33)31(23)13-14-4-6-15(28)7-5-14)21-24(27)38(34,35)19-12-16(8-11-18(19)29-21)30-39(36,37)17-9-10-17/h4-8,11-12,17,20,23-24,30H,9-10,13H2,1-3H3/t20?,23-,24?/m1/s1. The van der Waals surface area contributed by atoms with Gasteiger partial charge in [0.25, 0.3) is 0 Å². The summed E-state index contributed by atoms with van der Waals surface area (Å²) in [4.78, 5) is 32.9. The predicted octanol–water partition coefficient (Wildman–Crippen LogP) is 3.80. The van der Waals surface area contributed by atoms with Gasteiger partial charge in [0.2, 0.25) is 25.8 Å². The van der Waals surface area contributed by atoms with Crippen LogP contribution in [0.3, 0.4) is 0 Å². The summed E-state index contributed by atoms with van der Waals surface area (Å²) in [5.74, 6) is -3.12. The number of aliphatic imine (C=N–C) groups is 1. The van der Waals surface area contributed by atoms with Crippen LogP contribution in [0.1, 0.15) is 39.2 Å². The summed E-state index contributed by atoms with van der Waals surface area (Å²) in [6, 6.07) is 8.47. The highest BCUT2D eigenvalue weighted by molar-refractivity contribution is 7.94. The Morgan fingerprint density at radius 2 is 1.74 bits per heavy atom. The van der Waals surface area contributed by atoms with E-state index in [1.165, 1.54) is 41.3 Å². The third-order valence-electron chi connectivity index (χ3n) is 7.02. The maximum Gasteiger partial charge on any atom is 0.240 e. The van der Waals surface area contributed by atoms with Crippen LogP contribution in [0.25, 0.3) is 0 Å². The second-order valence-electron chi connectivity index (χ2n) is 11.1. The average molecular weight is 596 g/mol. The highest BCUT2D eigenvalue weighted by Gasteiger charge is 2.56. The van der Waals surface area contributed by atoms with Gasteiger partial charge in [0.15, 0.2) is 10.5 Å². The van der Waals surface area contributed by atoms with E-state index in [9.17, 15) is 30.8 Å². The quantitative estimate of drug-likeness (QED) is 0.399. The number of anilines is 1. The Morgan fingerprint density at radius 1 is 1.10 bits per heavy atom. The summed E-state index contributed by atoms with van der Waals surface area (Å²) in [7, 11) is -7.98. The van der Waals surface area contributed by atoms with Crippen LogP contribution in [0.4, 0.5) is 15.8 Å². The molecule has 0 aromatic heterocycles. The first-order chi connectivity index (χ1) is 18.1. The molecule has 1 amide bonds. The van der Waals surface area contributed by atoms with Crippen LogP contribution < -0.4 is 4.72 Å². The minimum atomic E-state index is -4.34. The van der Waals surface area contributed by atoms with E-state index in [1.807, 2.05) is 0 Å². The highest BCUT2D eigenvalue weighted by atomic mass is 35.5. The normalized spacial score (nSPS) is 24.9. The molecule has 3 aliphatic rings. The summed E-state index contributed by atoms with van der Waals surface area (Å²) >= 11 is 6.42. The lowest BCUT2D eigenvalue weighted by molar-refractivity contribution is -0.132. The number of sulfone groups is 1. The molecule has 0 bridgehead atoms. The van der Waals surface area contributed by atoms with Crippen LogP contribution in [0.5, 0.6) is 0 Å². The number of rotatable bonds is 6. The minimum absolute atomic E-state index is 0.0113. The number of hydrogen-bond acceptors (Lipinski definition) is 7. The number of carbonyl (C=O) groups is 2. The van der Waals surface area contributed by atoms with E-state index in [0.29, 0.717) is 18.4 Å². The van der Waals surface area contributed by atoms with E-state index < -0.39 is 64.7 Å². The van der Waals surface area contributed by atoms with E-state index in [4.69, 9.17) is 11.6 Å². The average Bonchev–Trinajstić information content (AvgIpc) is 3.66. The van der Waals surface area contributed by atoms with Crippen LogP contribution in [-0.2, 0) is 36.0 Å². The summed E-state index contributed by atoms with van der Waals surface area (Å²) < 4.78 is 65.6. The third kappa shape index (κ3) is 4.98. The van der Waals surface area contributed by atoms with E-state index >= 15 is 0 Å². The Balaban J connectivity index is 1.53. The number of nitrogens with one attached hydrogen (secondary N) is 1. The molecule has 1 saturated heterocycles. The number of fused-ring (bicyclic) bond motifs is 1. The monoisotopic (exact) mass is 595 g/mol. The van der Waals surface area contributed by atoms with Crippen molar-refractivity contribution < 1.29 is 30.8 Å². The van der Waals surface area contributed by atoms with Gasteiger partial charge in [-0.2, -0.15) is 0 Å². The van der Waals surface area contributed by atoms with E-state index in [2.05, 4.69) is 9.71 Å². The van der Waals surface area contributed by atoms with Gasteiger partial charge in [0, 0.05) is 12.2 Å². The molecule has 0 spiro atoms. The molecule has 0 radical (unpaired) electrons. The van der Waals surface area contributed by atoms with Crippen molar-refractivity contribution in [2.24, 2.45) is 16.3 Å². The fourth-order valence-corrected chi connectivity index (χ4v) is 8.30. The first-order valence-corrected chi connectivity index (χ1v) is 15.8. The molecule has 1 saturated carbocycles. The van der Waals surface area contributed by atoms with Crippen molar-refractivity contribution in [3.8, 4) is 0 Å². The first-order valence-electron chi connectivity index (χ1n) is 12.3. The van der Waals surface area contributed by atoms with Gasteiger partial charge in [-0.3, -0.25) is 19.3 Å². The number of nitrogens with zero attached hydrogens (tertiary/aromatic N) is 2. The maximum absolute atomic E-state index is 13.7. The molecule has 2 unspecified atom stereocenters. The van der Waals surface area contributed by atoms with Crippen molar-refractivity contribution in [2.75, 3.05) is 4.72 Å². The molecule has 13 heteroatoms. The molecule has 208 valence electrons. The number of carbonyl (C=O) groups excluding carboxylic acids is 2. The predicted molar refractivity (Wildman–Crippen MR) is 145 cm³/mol. The van der Waals surface area contributed by atoms with Gasteiger partial charge in [-0.1, -0.05) is 44.5 Å². The number of sulfonamides is 1. The van der Waals surface area contributed by atoms with Gasteiger partial charge in [-0.25, -0.2) is 21.2 Å². The van der Waals surface area contributed by atoms with Crippen LogP contribution in [0.2, 0.25) is 0 Å². The fourth-order valence-electron chi connectivity index (χ4n) is 5.03. The summed E-state index contributed by atoms with van der Waals surface area (Å²) in [6.07, 6.45) is 1.07. The zero-order chi connectivity index (χ0) is 28.5. The maximum atomic E-state index is 13.7. The highest BCUT2D eigenvalue weighted by Crippen LogP contribution is 2.42. The largest absolute Gasteiger partial charge is 0.327 e. The fraction of sp³-hybridized carbons (Fsp3) is 0.423. The van der Waals surface area contributed by atoms with Crippen LogP contribution in [0.15, 0.2) is 52.4 Å². The van der Waals surface area contributed by atoms with Gasteiger partial charge < -0.3 is 4.90 Å². The molecule has 39 heavy (non-hydrogen) atoms.